The molecule has 6 heteroatoms. The Balaban J connectivity index is 1.83. The van der Waals surface area contributed by atoms with E-state index < -0.39 is 10.0 Å². The Labute approximate surface area is 155 Å². The second-order valence-electron chi connectivity index (χ2n) is 6.38. The van der Waals surface area contributed by atoms with Crippen LogP contribution in [-0.4, -0.2) is 38.9 Å². The predicted octanol–water partition coefficient (Wildman–Crippen LogP) is 3.53. The lowest BCUT2D eigenvalue weighted by molar-refractivity contribution is 0.0724. The van der Waals surface area contributed by atoms with Gasteiger partial charge in [-0.3, -0.25) is 9.10 Å². The van der Waals surface area contributed by atoms with Crippen LogP contribution >= 0.6 is 0 Å². The maximum absolute atomic E-state index is 13.0. The molecule has 0 aliphatic carbocycles. The van der Waals surface area contributed by atoms with E-state index in [9.17, 15) is 13.2 Å². The van der Waals surface area contributed by atoms with Crippen molar-refractivity contribution in [1.29, 1.82) is 0 Å². The van der Waals surface area contributed by atoms with E-state index in [1.165, 1.54) is 16.4 Å². The molecule has 26 heavy (non-hydrogen) atoms. The summed E-state index contributed by atoms with van der Waals surface area (Å²) in [4.78, 5) is 14.6. The molecule has 1 saturated heterocycles. The molecule has 3 rings (SSSR count). The Kier molecular flexibility index (Phi) is 5.61. The SMILES string of the molecule is CCN(c1ccccc1)S(=O)(=O)c1ccc(C(=O)N2CCCCC2)cc1. The molecular weight excluding hydrogens is 348 g/mol. The van der Waals surface area contributed by atoms with Crippen LogP contribution in [0.4, 0.5) is 5.69 Å². The number of sulfonamides is 1. The van der Waals surface area contributed by atoms with Gasteiger partial charge < -0.3 is 4.90 Å². The van der Waals surface area contributed by atoms with Gasteiger partial charge in [0.2, 0.25) is 0 Å². The first-order valence-electron chi connectivity index (χ1n) is 9.01. The fourth-order valence-corrected chi connectivity index (χ4v) is 4.74. The molecule has 138 valence electrons. The summed E-state index contributed by atoms with van der Waals surface area (Å²) < 4.78 is 27.3. The highest BCUT2D eigenvalue weighted by atomic mass is 32.2. The van der Waals surface area contributed by atoms with Crippen LogP contribution in [0.2, 0.25) is 0 Å². The van der Waals surface area contributed by atoms with E-state index in [0.717, 1.165) is 32.4 Å². The van der Waals surface area contributed by atoms with Crippen LogP contribution in [0.15, 0.2) is 59.5 Å². The lowest BCUT2D eigenvalue weighted by Gasteiger charge is -2.27. The molecule has 0 spiro atoms. The van der Waals surface area contributed by atoms with E-state index in [1.54, 1.807) is 31.2 Å². The number of para-hydroxylation sites is 1. The molecule has 0 atom stereocenters. The summed E-state index contributed by atoms with van der Waals surface area (Å²) in [5.74, 6) is -0.0240. The van der Waals surface area contributed by atoms with Gasteiger partial charge in [0, 0.05) is 25.2 Å². The fraction of sp³-hybridized carbons (Fsp3) is 0.350. The summed E-state index contributed by atoms with van der Waals surface area (Å²) in [5, 5.41) is 0. The minimum Gasteiger partial charge on any atom is -0.339 e. The first-order valence-corrected chi connectivity index (χ1v) is 10.4. The highest BCUT2D eigenvalue weighted by Gasteiger charge is 2.24. The number of hydrogen-bond donors (Lipinski definition) is 0. The molecule has 1 amide bonds. The van der Waals surface area contributed by atoms with Gasteiger partial charge >= 0.3 is 0 Å². The highest BCUT2D eigenvalue weighted by molar-refractivity contribution is 7.92. The van der Waals surface area contributed by atoms with E-state index in [2.05, 4.69) is 0 Å². The van der Waals surface area contributed by atoms with E-state index >= 15 is 0 Å². The molecule has 0 N–H and O–H groups in total. The number of hydrogen-bond acceptors (Lipinski definition) is 3. The van der Waals surface area contributed by atoms with E-state index in [-0.39, 0.29) is 10.8 Å². The van der Waals surface area contributed by atoms with Crippen molar-refractivity contribution in [2.45, 2.75) is 31.1 Å². The third kappa shape index (κ3) is 3.75. The molecule has 0 aromatic heterocycles. The van der Waals surface area contributed by atoms with Crippen molar-refractivity contribution in [2.75, 3.05) is 23.9 Å². The number of likely N-dealkylation sites (tertiary alicyclic amines) is 1. The molecule has 0 saturated carbocycles. The first kappa shape index (κ1) is 18.5. The summed E-state index contributed by atoms with van der Waals surface area (Å²) in [5.41, 5.74) is 1.16. The number of benzene rings is 2. The molecule has 5 nitrogen and oxygen atoms in total. The zero-order chi connectivity index (χ0) is 18.6. The van der Waals surface area contributed by atoms with Crippen LogP contribution in [0, 0.1) is 0 Å². The molecule has 1 aliphatic rings. The van der Waals surface area contributed by atoms with Crippen LogP contribution < -0.4 is 4.31 Å². The topological polar surface area (TPSA) is 57.7 Å². The fourth-order valence-electron chi connectivity index (χ4n) is 3.26. The predicted molar refractivity (Wildman–Crippen MR) is 103 cm³/mol. The summed E-state index contributed by atoms with van der Waals surface area (Å²) >= 11 is 0. The Morgan fingerprint density at radius 2 is 1.58 bits per heavy atom. The third-order valence-corrected chi connectivity index (χ3v) is 6.58. The van der Waals surface area contributed by atoms with Gasteiger partial charge in [-0.15, -0.1) is 0 Å². The lowest BCUT2D eigenvalue weighted by atomic mass is 10.1. The summed E-state index contributed by atoms with van der Waals surface area (Å²) in [6.07, 6.45) is 3.22. The summed E-state index contributed by atoms with van der Waals surface area (Å²) in [7, 11) is -3.66. The maximum Gasteiger partial charge on any atom is 0.264 e. The molecule has 2 aromatic carbocycles. The Morgan fingerprint density at radius 3 is 2.15 bits per heavy atom. The summed E-state index contributed by atoms with van der Waals surface area (Å²) in [6, 6.07) is 15.3. The van der Waals surface area contributed by atoms with E-state index in [4.69, 9.17) is 0 Å². The molecule has 0 unspecified atom stereocenters. The highest BCUT2D eigenvalue weighted by Crippen LogP contribution is 2.24. The van der Waals surface area contributed by atoms with E-state index in [0.29, 0.717) is 17.8 Å². The molecule has 1 aliphatic heterocycles. The average Bonchev–Trinajstić information content (AvgIpc) is 2.69. The number of amides is 1. The second-order valence-corrected chi connectivity index (χ2v) is 8.24. The third-order valence-electron chi connectivity index (χ3n) is 4.66. The van der Waals surface area contributed by atoms with Crippen LogP contribution in [-0.2, 0) is 10.0 Å². The number of carbonyl (C=O) groups excluding carboxylic acids is 1. The Morgan fingerprint density at radius 1 is 0.962 bits per heavy atom. The second kappa shape index (κ2) is 7.91. The van der Waals surface area contributed by atoms with Crippen LogP contribution in [0.1, 0.15) is 36.5 Å². The minimum absolute atomic E-state index is 0.0240. The van der Waals surface area contributed by atoms with Crippen molar-refractivity contribution < 1.29 is 13.2 Å². The number of rotatable bonds is 5. The van der Waals surface area contributed by atoms with Gasteiger partial charge in [-0.1, -0.05) is 18.2 Å². The van der Waals surface area contributed by atoms with Gasteiger partial charge in [0.1, 0.15) is 0 Å². The number of piperidine rings is 1. The van der Waals surface area contributed by atoms with Crippen molar-refractivity contribution in [3.8, 4) is 0 Å². The normalized spacial score (nSPS) is 14.9. The smallest absolute Gasteiger partial charge is 0.264 e. The molecule has 1 heterocycles. The van der Waals surface area contributed by atoms with Crippen molar-refractivity contribution in [3.05, 3.63) is 60.2 Å². The average molecular weight is 372 g/mol. The van der Waals surface area contributed by atoms with Gasteiger partial charge in [0.25, 0.3) is 15.9 Å². The van der Waals surface area contributed by atoms with Gasteiger partial charge in [0.05, 0.1) is 10.6 Å². The number of nitrogens with zero attached hydrogens (tertiary/aromatic N) is 2. The summed E-state index contributed by atoms with van der Waals surface area (Å²) in [6.45, 7) is 3.69. The van der Waals surface area contributed by atoms with Crippen molar-refractivity contribution in [2.24, 2.45) is 0 Å². The zero-order valence-corrected chi connectivity index (χ0v) is 15.8. The van der Waals surface area contributed by atoms with Crippen LogP contribution in [0.5, 0.6) is 0 Å². The van der Waals surface area contributed by atoms with Crippen molar-refractivity contribution in [1.82, 2.24) is 4.90 Å². The Hall–Kier alpha value is -2.34. The van der Waals surface area contributed by atoms with Gasteiger partial charge in [-0.25, -0.2) is 8.42 Å². The van der Waals surface area contributed by atoms with Gasteiger partial charge in [-0.2, -0.15) is 0 Å². The molecular formula is C20H24N2O3S. The Bertz CT molecular complexity index is 842. The van der Waals surface area contributed by atoms with Gasteiger partial charge in [-0.05, 0) is 62.6 Å². The number of carbonyl (C=O) groups is 1. The van der Waals surface area contributed by atoms with Crippen molar-refractivity contribution >= 4 is 21.6 Å². The lowest BCUT2D eigenvalue weighted by Crippen LogP contribution is -2.35. The molecule has 1 fully saturated rings. The molecule has 0 bridgehead atoms. The maximum atomic E-state index is 13.0. The van der Waals surface area contributed by atoms with Crippen molar-refractivity contribution in [3.63, 3.8) is 0 Å². The quantitative estimate of drug-likeness (QED) is 0.807. The van der Waals surface area contributed by atoms with E-state index in [1.807, 2.05) is 23.1 Å². The molecule has 2 aromatic rings. The minimum atomic E-state index is -3.66. The van der Waals surface area contributed by atoms with Gasteiger partial charge in [0.15, 0.2) is 0 Å². The molecule has 0 radical (unpaired) electrons. The standard InChI is InChI=1S/C20H24N2O3S/c1-2-22(18-9-5-3-6-10-18)26(24,25)19-13-11-17(12-14-19)20(23)21-15-7-4-8-16-21/h3,5-6,9-14H,2,4,7-8,15-16H2,1H3. The monoisotopic (exact) mass is 372 g/mol. The largest absolute Gasteiger partial charge is 0.339 e. The van der Waals surface area contributed by atoms with Crippen LogP contribution in [0.25, 0.3) is 0 Å². The van der Waals surface area contributed by atoms with Crippen LogP contribution in [0.3, 0.4) is 0 Å². The zero-order valence-electron chi connectivity index (χ0n) is 15.0. The number of anilines is 1. The first-order chi connectivity index (χ1) is 12.5.